The molecule has 0 radical (unpaired) electrons. The second-order valence-corrected chi connectivity index (χ2v) is 5.42. The van der Waals surface area contributed by atoms with Crippen molar-refractivity contribution in [2.75, 3.05) is 0 Å². The SMILES string of the molecule is C=CCC(=O)N1[C@@H](/C=C/C(=O)O)CC[C@H]1c1ccc(F)c(F)c1F. The number of likely N-dealkylation sites (tertiary alicyclic amines) is 1. The first-order valence-corrected chi connectivity index (χ1v) is 7.33. The summed E-state index contributed by atoms with van der Waals surface area (Å²) in [5, 5.41) is 8.74. The summed E-state index contributed by atoms with van der Waals surface area (Å²) in [4.78, 5) is 24.3. The van der Waals surface area contributed by atoms with Crippen molar-refractivity contribution in [3.63, 3.8) is 0 Å². The zero-order valence-corrected chi connectivity index (χ0v) is 12.7. The molecule has 1 aliphatic rings. The van der Waals surface area contributed by atoms with Crippen molar-refractivity contribution in [2.24, 2.45) is 0 Å². The number of nitrogens with zero attached hydrogens (tertiary/aromatic N) is 1. The van der Waals surface area contributed by atoms with Crippen LogP contribution in [0.25, 0.3) is 0 Å². The van der Waals surface area contributed by atoms with Crippen molar-refractivity contribution in [3.8, 4) is 0 Å². The van der Waals surface area contributed by atoms with Crippen molar-refractivity contribution in [2.45, 2.75) is 31.3 Å². The van der Waals surface area contributed by atoms with Crippen molar-refractivity contribution in [1.29, 1.82) is 0 Å². The van der Waals surface area contributed by atoms with Gasteiger partial charge in [-0.15, -0.1) is 6.58 Å². The Bertz CT molecular complexity index is 703. The Kier molecular flexibility index (Phi) is 5.43. The van der Waals surface area contributed by atoms with Gasteiger partial charge in [-0.05, 0) is 18.9 Å². The van der Waals surface area contributed by atoms with Gasteiger partial charge in [0.1, 0.15) is 0 Å². The van der Waals surface area contributed by atoms with Gasteiger partial charge in [-0.25, -0.2) is 18.0 Å². The molecule has 0 aliphatic carbocycles. The molecule has 2 atom stereocenters. The fourth-order valence-corrected chi connectivity index (χ4v) is 2.91. The van der Waals surface area contributed by atoms with E-state index in [9.17, 15) is 22.8 Å². The molecule has 0 saturated carbocycles. The Hall–Kier alpha value is -2.57. The van der Waals surface area contributed by atoms with Gasteiger partial charge in [0.15, 0.2) is 17.5 Å². The molecular formula is C17H16F3NO3. The van der Waals surface area contributed by atoms with Crippen LogP contribution in [0.15, 0.2) is 36.9 Å². The minimum atomic E-state index is -1.59. The number of carboxylic acids is 1. The average molecular weight is 339 g/mol. The van der Waals surface area contributed by atoms with E-state index in [-0.39, 0.29) is 12.0 Å². The minimum Gasteiger partial charge on any atom is -0.478 e. The molecule has 1 N–H and O–H groups in total. The number of aliphatic carboxylic acids is 1. The highest BCUT2D eigenvalue weighted by Gasteiger charge is 2.38. The first-order chi connectivity index (χ1) is 11.4. The first kappa shape index (κ1) is 17.8. The maximum Gasteiger partial charge on any atom is 0.328 e. The van der Waals surface area contributed by atoms with Crippen LogP contribution in [0.5, 0.6) is 0 Å². The van der Waals surface area contributed by atoms with Crippen molar-refractivity contribution < 1.29 is 27.9 Å². The van der Waals surface area contributed by atoms with E-state index >= 15 is 0 Å². The molecule has 0 bridgehead atoms. The van der Waals surface area contributed by atoms with E-state index in [2.05, 4.69) is 6.58 Å². The lowest BCUT2D eigenvalue weighted by Gasteiger charge is -2.29. The number of carbonyl (C=O) groups is 2. The molecule has 1 heterocycles. The molecule has 4 nitrogen and oxygen atoms in total. The maximum atomic E-state index is 14.1. The predicted molar refractivity (Wildman–Crippen MR) is 80.5 cm³/mol. The lowest BCUT2D eigenvalue weighted by atomic mass is 10.0. The number of carbonyl (C=O) groups excluding carboxylic acids is 1. The molecule has 0 aromatic heterocycles. The smallest absolute Gasteiger partial charge is 0.328 e. The van der Waals surface area contributed by atoms with Crippen LogP contribution in [0.1, 0.15) is 30.9 Å². The van der Waals surface area contributed by atoms with Crippen LogP contribution >= 0.6 is 0 Å². The second-order valence-electron chi connectivity index (χ2n) is 5.42. The number of rotatable bonds is 5. The number of hydrogen-bond donors (Lipinski definition) is 1. The first-order valence-electron chi connectivity index (χ1n) is 7.33. The third kappa shape index (κ3) is 3.50. The van der Waals surface area contributed by atoms with Gasteiger partial charge in [0, 0.05) is 18.1 Å². The summed E-state index contributed by atoms with van der Waals surface area (Å²) in [6, 6.07) is 0.558. The summed E-state index contributed by atoms with van der Waals surface area (Å²) in [5.74, 6) is -5.79. The van der Waals surface area contributed by atoms with E-state index in [0.29, 0.717) is 12.8 Å². The summed E-state index contributed by atoms with van der Waals surface area (Å²) < 4.78 is 40.7. The molecule has 24 heavy (non-hydrogen) atoms. The fraction of sp³-hybridized carbons (Fsp3) is 0.294. The molecule has 7 heteroatoms. The van der Waals surface area contributed by atoms with Gasteiger partial charge >= 0.3 is 5.97 Å². The van der Waals surface area contributed by atoms with E-state index in [0.717, 1.165) is 18.2 Å². The van der Waals surface area contributed by atoms with Crippen LogP contribution in [0.3, 0.4) is 0 Å². The van der Waals surface area contributed by atoms with Crippen LogP contribution in [-0.4, -0.2) is 27.9 Å². The normalized spacial score (nSPS) is 20.5. The number of halogens is 3. The van der Waals surface area contributed by atoms with E-state index < -0.39 is 41.4 Å². The van der Waals surface area contributed by atoms with Gasteiger partial charge in [0.05, 0.1) is 12.1 Å². The van der Waals surface area contributed by atoms with Crippen LogP contribution in [0.2, 0.25) is 0 Å². The molecular weight excluding hydrogens is 323 g/mol. The molecule has 2 rings (SSSR count). The Morgan fingerprint density at radius 3 is 2.58 bits per heavy atom. The monoisotopic (exact) mass is 339 g/mol. The lowest BCUT2D eigenvalue weighted by Crippen LogP contribution is -2.36. The van der Waals surface area contributed by atoms with Crippen molar-refractivity contribution >= 4 is 11.9 Å². The highest BCUT2D eigenvalue weighted by atomic mass is 19.2. The zero-order chi connectivity index (χ0) is 17.9. The van der Waals surface area contributed by atoms with E-state index in [1.165, 1.54) is 17.1 Å². The molecule has 1 aliphatic heterocycles. The number of carboxylic acid groups (broad SMARTS) is 1. The molecule has 1 aromatic carbocycles. The summed E-state index contributed by atoms with van der Waals surface area (Å²) >= 11 is 0. The minimum absolute atomic E-state index is 0.0286. The van der Waals surface area contributed by atoms with Gasteiger partial charge in [0.2, 0.25) is 5.91 Å². The van der Waals surface area contributed by atoms with E-state index in [1.54, 1.807) is 0 Å². The fourth-order valence-electron chi connectivity index (χ4n) is 2.91. The molecule has 1 aromatic rings. The van der Waals surface area contributed by atoms with Crippen LogP contribution in [0, 0.1) is 17.5 Å². The number of hydrogen-bond acceptors (Lipinski definition) is 2. The standard InChI is InChI=1S/C17H16F3NO3/c1-2-3-14(22)21-10(5-9-15(23)24)4-8-13(21)11-6-7-12(18)17(20)16(11)19/h2,5-7,9-10,13H,1,3-4,8H2,(H,23,24)/b9-5+/t10-,13+/m1/s1. The summed E-state index contributed by atoms with van der Waals surface area (Å²) in [6.07, 6.45) is 4.27. The topological polar surface area (TPSA) is 57.6 Å². The highest BCUT2D eigenvalue weighted by molar-refractivity contribution is 5.81. The third-order valence-corrected chi connectivity index (χ3v) is 3.92. The van der Waals surface area contributed by atoms with Crippen LogP contribution < -0.4 is 0 Å². The zero-order valence-electron chi connectivity index (χ0n) is 12.7. The third-order valence-electron chi connectivity index (χ3n) is 3.92. The molecule has 1 fully saturated rings. The largest absolute Gasteiger partial charge is 0.478 e. The second kappa shape index (κ2) is 7.33. The Morgan fingerprint density at radius 1 is 1.25 bits per heavy atom. The van der Waals surface area contributed by atoms with Crippen molar-refractivity contribution in [3.05, 3.63) is 60.0 Å². The summed E-state index contributed by atoms with van der Waals surface area (Å²) in [7, 11) is 0. The Labute approximate surface area is 136 Å². The molecule has 1 saturated heterocycles. The molecule has 0 unspecified atom stereocenters. The average Bonchev–Trinajstić information content (AvgIpc) is 2.95. The van der Waals surface area contributed by atoms with Gasteiger partial charge < -0.3 is 10.0 Å². The van der Waals surface area contributed by atoms with E-state index in [1.807, 2.05) is 0 Å². The maximum absolute atomic E-state index is 14.1. The number of benzene rings is 1. The van der Waals surface area contributed by atoms with Crippen LogP contribution in [-0.2, 0) is 9.59 Å². The van der Waals surface area contributed by atoms with Gasteiger partial charge in [-0.1, -0.05) is 18.2 Å². The quantitative estimate of drug-likeness (QED) is 0.508. The molecule has 128 valence electrons. The van der Waals surface area contributed by atoms with Gasteiger partial charge in [-0.2, -0.15) is 0 Å². The Balaban J connectivity index is 2.41. The summed E-state index contributed by atoms with van der Waals surface area (Å²) in [5.41, 5.74) is -0.127. The summed E-state index contributed by atoms with van der Waals surface area (Å²) in [6.45, 7) is 3.47. The highest BCUT2D eigenvalue weighted by Crippen LogP contribution is 2.39. The van der Waals surface area contributed by atoms with Gasteiger partial charge in [0.25, 0.3) is 0 Å². The van der Waals surface area contributed by atoms with Crippen molar-refractivity contribution in [1.82, 2.24) is 4.90 Å². The lowest BCUT2D eigenvalue weighted by molar-refractivity contribution is -0.133. The Morgan fingerprint density at radius 2 is 1.96 bits per heavy atom. The van der Waals surface area contributed by atoms with Crippen LogP contribution in [0.4, 0.5) is 13.2 Å². The predicted octanol–water partition coefficient (Wildman–Crippen LogP) is 3.35. The van der Waals surface area contributed by atoms with E-state index in [4.69, 9.17) is 5.11 Å². The number of amides is 1. The van der Waals surface area contributed by atoms with Gasteiger partial charge in [-0.3, -0.25) is 4.79 Å². The molecule has 0 spiro atoms. The molecule has 1 amide bonds.